The first-order chi connectivity index (χ1) is 24.3. The van der Waals surface area contributed by atoms with Gasteiger partial charge in [0.05, 0.1) is 18.3 Å². The van der Waals surface area contributed by atoms with Gasteiger partial charge in [-0.3, -0.25) is 24.1 Å². The van der Waals surface area contributed by atoms with Crippen LogP contribution in [-0.4, -0.2) is 87.3 Å². The van der Waals surface area contributed by atoms with Crippen molar-refractivity contribution in [1.29, 1.82) is 0 Å². The number of hydrogen-bond acceptors (Lipinski definition) is 7. The van der Waals surface area contributed by atoms with Crippen LogP contribution in [0.5, 0.6) is 0 Å². The van der Waals surface area contributed by atoms with Gasteiger partial charge in [0, 0.05) is 42.5 Å². The topological polar surface area (TPSA) is 120 Å². The molecule has 3 atom stereocenters. The van der Waals surface area contributed by atoms with Crippen LogP contribution in [0.15, 0.2) is 95.7 Å². The van der Waals surface area contributed by atoms with Crippen LogP contribution in [0.25, 0.3) is 22.2 Å². The van der Waals surface area contributed by atoms with Crippen molar-refractivity contribution in [3.8, 4) is 11.3 Å². The fraction of sp³-hybridized carbons (Fsp3) is 0.325. The van der Waals surface area contributed by atoms with Crippen LogP contribution in [0.1, 0.15) is 59.1 Å². The molecule has 256 valence electrons. The fourth-order valence-electron chi connectivity index (χ4n) is 7.50. The zero-order chi connectivity index (χ0) is 34.8. The molecule has 0 bridgehead atoms. The number of benzene rings is 3. The van der Waals surface area contributed by atoms with Crippen molar-refractivity contribution in [2.75, 3.05) is 27.2 Å². The summed E-state index contributed by atoms with van der Waals surface area (Å²) < 4.78 is 5.17. The third kappa shape index (κ3) is 6.76. The Morgan fingerprint density at radius 2 is 1.50 bits per heavy atom. The van der Waals surface area contributed by atoms with E-state index in [1.54, 1.807) is 9.80 Å². The van der Waals surface area contributed by atoms with Crippen LogP contribution in [0.4, 0.5) is 0 Å². The quantitative estimate of drug-likeness (QED) is 0.193. The van der Waals surface area contributed by atoms with Crippen molar-refractivity contribution in [2.45, 2.75) is 56.7 Å². The molecule has 0 aliphatic carbocycles. The van der Waals surface area contributed by atoms with Crippen molar-refractivity contribution in [3.05, 3.63) is 114 Å². The number of likely N-dealkylation sites (N-methyl/N-ethyl adjacent to an activating group) is 1. The average molecular weight is 672 g/mol. The van der Waals surface area contributed by atoms with Gasteiger partial charge in [0.15, 0.2) is 11.6 Å². The number of nitrogens with zero attached hydrogens (tertiary/aromatic N) is 4. The van der Waals surface area contributed by atoms with Gasteiger partial charge >= 0.3 is 5.91 Å². The highest BCUT2D eigenvalue weighted by atomic mass is 16.4. The van der Waals surface area contributed by atoms with Crippen LogP contribution in [0, 0.1) is 0 Å². The summed E-state index contributed by atoms with van der Waals surface area (Å²) in [5.74, 6) is -0.307. The molecule has 0 spiro atoms. The van der Waals surface area contributed by atoms with E-state index in [2.05, 4.69) is 16.0 Å². The Balaban J connectivity index is 0.998. The van der Waals surface area contributed by atoms with E-state index in [1.165, 1.54) is 12.5 Å². The van der Waals surface area contributed by atoms with Crippen LogP contribution < -0.4 is 0 Å². The number of oxazole rings is 1. The lowest BCUT2D eigenvalue weighted by atomic mass is 9.99. The van der Waals surface area contributed by atoms with Crippen molar-refractivity contribution in [1.82, 2.24) is 24.7 Å². The highest BCUT2D eigenvalue weighted by molar-refractivity contribution is 5.96. The molecule has 2 aliphatic heterocycles. The SMILES string of the molecule is CN(C)[C@@H](C(=O)N1CCC[C@H]1C(=O)Cc1ccc2[nH]c(-c3ccc(CC(=O)[C@@H]4CCCN4C(=O)c4ncco4)cc3)cc2c1)c1ccccc1. The van der Waals surface area contributed by atoms with E-state index in [0.29, 0.717) is 25.9 Å². The number of hydrogen-bond donors (Lipinski definition) is 1. The number of nitrogens with one attached hydrogen (secondary N) is 1. The zero-order valence-electron chi connectivity index (χ0n) is 28.4. The number of likely N-dealkylation sites (tertiary alicyclic amines) is 2. The summed E-state index contributed by atoms with van der Waals surface area (Å²) >= 11 is 0. The minimum Gasteiger partial charge on any atom is -0.441 e. The highest BCUT2D eigenvalue weighted by Gasteiger charge is 2.38. The first-order valence-corrected chi connectivity index (χ1v) is 17.3. The van der Waals surface area contributed by atoms with Crippen molar-refractivity contribution in [2.24, 2.45) is 0 Å². The summed E-state index contributed by atoms with van der Waals surface area (Å²) in [5, 5.41) is 0.998. The summed E-state index contributed by atoms with van der Waals surface area (Å²) in [5.41, 5.74) is 5.59. The Labute approximate surface area is 291 Å². The number of carbonyl (C=O) groups excluding carboxylic acids is 4. The van der Waals surface area contributed by atoms with Crippen LogP contribution >= 0.6 is 0 Å². The van der Waals surface area contributed by atoms with Crippen LogP contribution in [0.2, 0.25) is 0 Å². The number of carbonyl (C=O) groups is 4. The second kappa shape index (κ2) is 14.2. The molecule has 0 unspecified atom stereocenters. The Morgan fingerprint density at radius 3 is 2.18 bits per heavy atom. The second-order valence-electron chi connectivity index (χ2n) is 13.5. The summed E-state index contributed by atoms with van der Waals surface area (Å²) in [4.78, 5) is 66.1. The maximum atomic E-state index is 13.8. The van der Waals surface area contributed by atoms with Gasteiger partial charge in [0.1, 0.15) is 12.3 Å². The van der Waals surface area contributed by atoms with E-state index in [-0.39, 0.29) is 42.1 Å². The van der Waals surface area contributed by atoms with Gasteiger partial charge in [-0.25, -0.2) is 4.98 Å². The van der Waals surface area contributed by atoms with E-state index in [0.717, 1.165) is 51.7 Å². The molecule has 7 rings (SSSR count). The van der Waals surface area contributed by atoms with Crippen LogP contribution in [-0.2, 0) is 27.2 Å². The predicted molar refractivity (Wildman–Crippen MR) is 189 cm³/mol. The number of Topliss-reactive ketones (excluding diaryl/α,β-unsaturated/α-hetero) is 2. The van der Waals surface area contributed by atoms with Crippen molar-refractivity contribution < 1.29 is 23.6 Å². The molecule has 5 aromatic rings. The molecule has 10 heteroatoms. The monoisotopic (exact) mass is 671 g/mol. The molecule has 2 fully saturated rings. The summed E-state index contributed by atoms with van der Waals surface area (Å²) in [6.45, 7) is 1.10. The Kier molecular flexibility index (Phi) is 9.45. The first-order valence-electron chi connectivity index (χ1n) is 17.3. The molecular weight excluding hydrogens is 630 g/mol. The Bertz CT molecular complexity index is 2000. The molecule has 1 N–H and O–H groups in total. The molecule has 10 nitrogen and oxygen atoms in total. The number of amides is 2. The Morgan fingerprint density at radius 1 is 0.840 bits per heavy atom. The van der Waals surface area contributed by atoms with E-state index < -0.39 is 18.1 Å². The number of ketones is 2. The van der Waals surface area contributed by atoms with Gasteiger partial charge < -0.3 is 19.2 Å². The Hall–Kier alpha value is -5.35. The van der Waals surface area contributed by atoms with Gasteiger partial charge in [-0.15, -0.1) is 0 Å². The van der Waals surface area contributed by atoms with Gasteiger partial charge in [-0.05, 0) is 80.2 Å². The van der Waals surface area contributed by atoms with E-state index in [9.17, 15) is 19.2 Å². The van der Waals surface area contributed by atoms with Crippen molar-refractivity contribution >= 4 is 34.3 Å². The molecule has 2 aromatic heterocycles. The second-order valence-corrected chi connectivity index (χ2v) is 13.5. The van der Waals surface area contributed by atoms with E-state index >= 15 is 0 Å². The van der Waals surface area contributed by atoms with E-state index in [1.807, 2.05) is 91.8 Å². The summed E-state index contributed by atoms with van der Waals surface area (Å²) in [7, 11) is 3.80. The molecule has 2 amide bonds. The van der Waals surface area contributed by atoms with Gasteiger partial charge in [0.25, 0.3) is 5.89 Å². The minimum atomic E-state index is -0.481. The molecule has 3 aromatic carbocycles. The number of rotatable bonds is 11. The van der Waals surface area contributed by atoms with E-state index in [4.69, 9.17) is 4.42 Å². The first kappa shape index (κ1) is 33.2. The largest absolute Gasteiger partial charge is 0.441 e. The molecule has 0 radical (unpaired) electrons. The number of aromatic amines is 1. The summed E-state index contributed by atoms with van der Waals surface area (Å²) in [6.07, 6.45) is 6.17. The number of aromatic nitrogens is 2. The predicted octanol–water partition coefficient (Wildman–Crippen LogP) is 5.64. The minimum absolute atomic E-state index is 0.00153. The number of H-pyrrole nitrogens is 1. The normalized spacial score (nSPS) is 18.2. The summed E-state index contributed by atoms with van der Waals surface area (Å²) in [6, 6.07) is 24.3. The lowest BCUT2D eigenvalue weighted by molar-refractivity contribution is -0.141. The zero-order valence-corrected chi connectivity index (χ0v) is 28.4. The molecular formula is C40H41N5O5. The molecule has 2 saturated heterocycles. The lowest BCUT2D eigenvalue weighted by Gasteiger charge is -2.31. The molecule has 50 heavy (non-hydrogen) atoms. The van der Waals surface area contributed by atoms with Crippen molar-refractivity contribution in [3.63, 3.8) is 0 Å². The highest BCUT2D eigenvalue weighted by Crippen LogP contribution is 2.30. The lowest BCUT2D eigenvalue weighted by Crippen LogP contribution is -2.46. The molecule has 0 saturated carbocycles. The maximum Gasteiger partial charge on any atom is 0.310 e. The fourth-order valence-corrected chi connectivity index (χ4v) is 7.50. The van der Waals surface area contributed by atoms with Gasteiger partial charge in [0.2, 0.25) is 5.91 Å². The smallest absolute Gasteiger partial charge is 0.310 e. The number of fused-ring (bicyclic) bond motifs is 1. The third-order valence-corrected chi connectivity index (χ3v) is 9.98. The third-order valence-electron chi connectivity index (χ3n) is 9.98. The standard InChI is InChI=1S/C40H41N5O5/c1-43(2)37(29-8-4-3-5-9-29)39(48)44-19-6-10-33(44)36(47)24-27-14-17-31-30(22-27)25-32(42-31)28-15-12-26(13-16-28)23-35(46)34-11-7-20-45(34)40(49)38-41-18-21-50-38/h3-5,8-9,12-18,21-22,25,33-34,37,42H,6-7,10-11,19-20,23-24H2,1-2H3/t33-,34-,37+/m0/s1. The maximum absolute atomic E-state index is 13.8. The average Bonchev–Trinajstić information content (AvgIpc) is 3.95. The van der Waals surface area contributed by atoms with Crippen LogP contribution in [0.3, 0.4) is 0 Å². The molecule has 2 aliphatic rings. The van der Waals surface area contributed by atoms with Gasteiger partial charge in [-0.1, -0.05) is 60.7 Å². The van der Waals surface area contributed by atoms with Gasteiger partial charge in [-0.2, -0.15) is 0 Å². The molecule has 4 heterocycles.